The SMILES string of the molecule is C[C@H]1CC2(CCN1Cc1ccccc1)C(=O)NC(=O)N2c1cc(F)ccc1Br. The van der Waals surface area contributed by atoms with Crippen molar-refractivity contribution in [2.45, 2.75) is 37.9 Å². The van der Waals surface area contributed by atoms with Crippen LogP contribution in [0.2, 0.25) is 0 Å². The van der Waals surface area contributed by atoms with E-state index in [2.05, 4.69) is 45.2 Å². The van der Waals surface area contributed by atoms with Gasteiger partial charge in [0.25, 0.3) is 5.91 Å². The number of benzene rings is 2. The molecule has 1 N–H and O–H groups in total. The van der Waals surface area contributed by atoms with Crippen LogP contribution in [0.1, 0.15) is 25.3 Å². The molecule has 2 atom stereocenters. The number of anilines is 1. The van der Waals surface area contributed by atoms with E-state index in [9.17, 15) is 14.0 Å². The lowest BCUT2D eigenvalue weighted by Gasteiger charge is -2.45. The lowest BCUT2D eigenvalue weighted by atomic mass is 9.81. The number of halogens is 2. The van der Waals surface area contributed by atoms with E-state index in [1.54, 1.807) is 6.07 Å². The second-order valence-electron chi connectivity index (χ2n) is 7.48. The zero-order chi connectivity index (χ0) is 19.9. The molecule has 2 aromatic carbocycles. The number of urea groups is 1. The van der Waals surface area contributed by atoms with Gasteiger partial charge in [0.1, 0.15) is 11.4 Å². The second-order valence-corrected chi connectivity index (χ2v) is 8.34. The fourth-order valence-electron chi connectivity index (χ4n) is 4.29. The highest BCUT2D eigenvalue weighted by molar-refractivity contribution is 9.10. The molecule has 146 valence electrons. The molecule has 3 amide bonds. The highest BCUT2D eigenvalue weighted by Gasteiger charge is 2.56. The van der Waals surface area contributed by atoms with Crippen LogP contribution in [-0.4, -0.2) is 35.0 Å². The van der Waals surface area contributed by atoms with E-state index >= 15 is 0 Å². The predicted molar refractivity (Wildman–Crippen MR) is 108 cm³/mol. The number of carbonyl (C=O) groups excluding carboxylic acids is 2. The zero-order valence-corrected chi connectivity index (χ0v) is 17.1. The molecule has 0 radical (unpaired) electrons. The van der Waals surface area contributed by atoms with E-state index in [1.165, 1.54) is 22.6 Å². The van der Waals surface area contributed by atoms with Gasteiger partial charge in [-0.2, -0.15) is 0 Å². The van der Waals surface area contributed by atoms with Gasteiger partial charge in [-0.05, 0) is 59.5 Å². The van der Waals surface area contributed by atoms with E-state index in [4.69, 9.17) is 0 Å². The van der Waals surface area contributed by atoms with Crippen LogP contribution in [0.3, 0.4) is 0 Å². The standard InChI is InChI=1S/C21H21BrFN3O2/c1-14-12-21(9-10-25(14)13-15-5-3-2-4-6-15)19(27)24-20(28)26(21)18-11-16(23)7-8-17(18)22/h2-8,11,14H,9-10,12-13H2,1H3,(H,24,27,28)/t14-,21?/m0/s1. The molecule has 1 spiro atoms. The first kappa shape index (κ1) is 19.1. The summed E-state index contributed by atoms with van der Waals surface area (Å²) in [4.78, 5) is 29.2. The smallest absolute Gasteiger partial charge is 0.296 e. The van der Waals surface area contributed by atoms with Gasteiger partial charge in [0.05, 0.1) is 5.69 Å². The maximum absolute atomic E-state index is 13.9. The lowest BCUT2D eigenvalue weighted by molar-refractivity contribution is -0.125. The normalized spacial score (nSPS) is 25.4. The Balaban J connectivity index is 1.63. The molecule has 0 aliphatic carbocycles. The first-order valence-corrected chi connectivity index (χ1v) is 10.1. The highest BCUT2D eigenvalue weighted by atomic mass is 79.9. The molecule has 1 unspecified atom stereocenters. The van der Waals surface area contributed by atoms with Gasteiger partial charge in [-0.3, -0.25) is 19.9 Å². The average Bonchev–Trinajstić information content (AvgIpc) is 2.90. The Morgan fingerprint density at radius 2 is 1.96 bits per heavy atom. The molecule has 2 heterocycles. The monoisotopic (exact) mass is 445 g/mol. The number of nitrogens with zero attached hydrogens (tertiary/aromatic N) is 2. The van der Waals surface area contributed by atoms with Crippen molar-refractivity contribution in [1.82, 2.24) is 10.2 Å². The van der Waals surface area contributed by atoms with Crippen LogP contribution < -0.4 is 10.2 Å². The van der Waals surface area contributed by atoms with Crippen molar-refractivity contribution in [1.29, 1.82) is 0 Å². The van der Waals surface area contributed by atoms with Crippen LogP contribution in [0, 0.1) is 5.82 Å². The van der Waals surface area contributed by atoms with Crippen LogP contribution in [0.5, 0.6) is 0 Å². The summed E-state index contributed by atoms with van der Waals surface area (Å²) in [6.07, 6.45) is 0.977. The maximum atomic E-state index is 13.9. The van der Waals surface area contributed by atoms with Gasteiger partial charge in [0.15, 0.2) is 0 Å². The highest BCUT2D eigenvalue weighted by Crippen LogP contribution is 2.42. The number of amides is 3. The van der Waals surface area contributed by atoms with Gasteiger partial charge in [0, 0.05) is 23.6 Å². The summed E-state index contributed by atoms with van der Waals surface area (Å²) in [7, 11) is 0. The van der Waals surface area contributed by atoms with E-state index in [0.717, 1.165) is 6.54 Å². The van der Waals surface area contributed by atoms with Gasteiger partial charge in [-0.25, -0.2) is 9.18 Å². The minimum atomic E-state index is -1.000. The third-order valence-electron chi connectivity index (χ3n) is 5.72. The largest absolute Gasteiger partial charge is 0.329 e. The van der Waals surface area contributed by atoms with Gasteiger partial charge in [-0.1, -0.05) is 30.3 Å². The van der Waals surface area contributed by atoms with Crippen molar-refractivity contribution in [3.8, 4) is 0 Å². The molecular formula is C21H21BrFN3O2. The van der Waals surface area contributed by atoms with Crippen molar-refractivity contribution in [2.24, 2.45) is 0 Å². The van der Waals surface area contributed by atoms with Crippen molar-refractivity contribution >= 4 is 33.6 Å². The number of hydrogen-bond acceptors (Lipinski definition) is 3. The predicted octanol–water partition coefficient (Wildman–Crippen LogP) is 4.07. The topological polar surface area (TPSA) is 52.7 Å². The Labute approximate surface area is 171 Å². The molecule has 28 heavy (non-hydrogen) atoms. The minimum Gasteiger partial charge on any atom is -0.296 e. The first-order chi connectivity index (χ1) is 13.4. The number of hydrogen-bond donors (Lipinski definition) is 1. The minimum absolute atomic E-state index is 0.0837. The fourth-order valence-corrected chi connectivity index (χ4v) is 4.72. The van der Waals surface area contributed by atoms with Crippen LogP contribution >= 0.6 is 15.9 Å². The van der Waals surface area contributed by atoms with Crippen molar-refractivity contribution in [2.75, 3.05) is 11.4 Å². The van der Waals surface area contributed by atoms with E-state index in [-0.39, 0.29) is 11.9 Å². The van der Waals surface area contributed by atoms with Crippen molar-refractivity contribution in [3.63, 3.8) is 0 Å². The summed E-state index contributed by atoms with van der Waals surface area (Å²) < 4.78 is 14.5. The summed E-state index contributed by atoms with van der Waals surface area (Å²) >= 11 is 3.40. The van der Waals surface area contributed by atoms with Crippen molar-refractivity contribution < 1.29 is 14.0 Å². The molecule has 2 aromatic rings. The van der Waals surface area contributed by atoms with E-state index in [0.29, 0.717) is 29.5 Å². The molecule has 7 heteroatoms. The Morgan fingerprint density at radius 1 is 1.21 bits per heavy atom. The molecule has 5 nitrogen and oxygen atoms in total. The second kappa shape index (κ2) is 7.29. The van der Waals surface area contributed by atoms with Crippen LogP contribution in [0.15, 0.2) is 53.0 Å². The third kappa shape index (κ3) is 3.22. The molecule has 0 aromatic heterocycles. The molecular weight excluding hydrogens is 425 g/mol. The summed E-state index contributed by atoms with van der Waals surface area (Å²) in [5, 5.41) is 2.44. The van der Waals surface area contributed by atoms with Crippen molar-refractivity contribution in [3.05, 3.63) is 64.4 Å². The number of imide groups is 1. The van der Waals surface area contributed by atoms with Gasteiger partial charge in [-0.15, -0.1) is 0 Å². The Kier molecular flexibility index (Phi) is 4.97. The number of piperidine rings is 1. The average molecular weight is 446 g/mol. The molecule has 2 aliphatic heterocycles. The maximum Gasteiger partial charge on any atom is 0.329 e. The summed E-state index contributed by atoms with van der Waals surface area (Å²) in [6.45, 7) is 3.52. The van der Waals surface area contributed by atoms with E-state index < -0.39 is 17.4 Å². The Bertz CT molecular complexity index is 923. The number of nitrogens with one attached hydrogen (secondary N) is 1. The molecule has 2 aliphatic rings. The van der Waals surface area contributed by atoms with Gasteiger partial charge < -0.3 is 0 Å². The van der Waals surface area contributed by atoms with Gasteiger partial charge in [0.2, 0.25) is 0 Å². The molecule has 2 saturated heterocycles. The number of likely N-dealkylation sites (tertiary alicyclic amines) is 1. The van der Waals surface area contributed by atoms with Crippen LogP contribution in [0.25, 0.3) is 0 Å². The van der Waals surface area contributed by atoms with E-state index in [1.807, 2.05) is 18.2 Å². The lowest BCUT2D eigenvalue weighted by Crippen LogP contribution is -2.59. The Morgan fingerprint density at radius 3 is 2.68 bits per heavy atom. The molecule has 0 saturated carbocycles. The van der Waals surface area contributed by atoms with Crippen LogP contribution in [-0.2, 0) is 11.3 Å². The molecule has 0 bridgehead atoms. The summed E-state index contributed by atoms with van der Waals surface area (Å²) in [5.41, 5.74) is 0.592. The van der Waals surface area contributed by atoms with Gasteiger partial charge >= 0.3 is 6.03 Å². The summed E-state index contributed by atoms with van der Waals surface area (Å²) in [6, 6.07) is 13.9. The quantitative estimate of drug-likeness (QED) is 0.724. The zero-order valence-electron chi connectivity index (χ0n) is 15.5. The number of rotatable bonds is 3. The fraction of sp³-hybridized carbons (Fsp3) is 0.333. The summed E-state index contributed by atoms with van der Waals surface area (Å²) in [5.74, 6) is -0.755. The third-order valence-corrected chi connectivity index (χ3v) is 6.39. The molecule has 2 fully saturated rings. The van der Waals surface area contributed by atoms with Crippen LogP contribution in [0.4, 0.5) is 14.9 Å². The number of carbonyl (C=O) groups is 2. The Hall–Kier alpha value is -2.25. The first-order valence-electron chi connectivity index (χ1n) is 9.29. The molecule has 4 rings (SSSR count).